The first kappa shape index (κ1) is 12.6. The topological polar surface area (TPSA) is 86.2 Å². The van der Waals surface area contributed by atoms with E-state index in [4.69, 9.17) is 15.1 Å². The van der Waals surface area contributed by atoms with Gasteiger partial charge in [-0.2, -0.15) is 0 Å². The van der Waals surface area contributed by atoms with Gasteiger partial charge in [-0.25, -0.2) is 4.63 Å². The molecule has 1 aromatic heterocycles. The van der Waals surface area contributed by atoms with Gasteiger partial charge in [0.1, 0.15) is 0 Å². The highest BCUT2D eigenvalue weighted by Crippen LogP contribution is 2.26. The van der Waals surface area contributed by atoms with E-state index in [2.05, 4.69) is 22.6 Å². The molecule has 0 saturated carbocycles. The van der Waals surface area contributed by atoms with Crippen molar-refractivity contribution in [3.63, 3.8) is 0 Å². The summed E-state index contributed by atoms with van der Waals surface area (Å²) in [5, 5.41) is 11.1. The van der Waals surface area contributed by atoms with Crippen molar-refractivity contribution >= 4 is 22.4 Å². The second-order valence-corrected chi connectivity index (χ2v) is 4.25. The van der Waals surface area contributed by atoms with Gasteiger partial charge in [0.15, 0.2) is 11.0 Å². The number of ether oxygens (including phenoxy) is 1. The number of nitrogens with one attached hydrogen (secondary N) is 1. The van der Waals surface area contributed by atoms with E-state index in [1.165, 1.54) is 0 Å². The van der Waals surface area contributed by atoms with Crippen molar-refractivity contribution in [1.29, 1.82) is 0 Å². The summed E-state index contributed by atoms with van der Waals surface area (Å²) in [5.41, 5.74) is 8.49. The molecule has 0 aliphatic carbocycles. The van der Waals surface area contributed by atoms with E-state index in [0.717, 1.165) is 18.5 Å². The molecule has 0 saturated heterocycles. The van der Waals surface area contributed by atoms with Crippen molar-refractivity contribution in [1.82, 2.24) is 10.3 Å². The standard InChI is InChI=1S/C12H18N4O2/c1-3-4-8(7-17-2)14-10-6-5-9(13)11-12(10)16-18-15-11/h5-6,8,14H,3-4,7,13H2,1-2H3. The van der Waals surface area contributed by atoms with Crippen molar-refractivity contribution in [3.8, 4) is 0 Å². The molecule has 1 aromatic carbocycles. The summed E-state index contributed by atoms with van der Waals surface area (Å²) in [6.45, 7) is 2.78. The van der Waals surface area contributed by atoms with Crippen LogP contribution < -0.4 is 11.1 Å². The molecule has 1 heterocycles. The maximum atomic E-state index is 5.80. The van der Waals surface area contributed by atoms with Crippen LogP contribution in [0.25, 0.3) is 11.0 Å². The summed E-state index contributed by atoms with van der Waals surface area (Å²) < 4.78 is 9.94. The lowest BCUT2D eigenvalue weighted by Gasteiger charge is -2.18. The van der Waals surface area contributed by atoms with E-state index >= 15 is 0 Å². The number of methoxy groups -OCH3 is 1. The number of benzene rings is 1. The Labute approximate surface area is 105 Å². The SMILES string of the molecule is CCCC(COC)Nc1ccc(N)c2nonc12. The average Bonchev–Trinajstić information content (AvgIpc) is 2.83. The second kappa shape index (κ2) is 5.68. The van der Waals surface area contributed by atoms with Crippen molar-refractivity contribution in [2.24, 2.45) is 0 Å². The summed E-state index contributed by atoms with van der Waals surface area (Å²) in [5.74, 6) is 0. The molecular weight excluding hydrogens is 232 g/mol. The maximum Gasteiger partial charge on any atom is 0.160 e. The first-order valence-electron chi connectivity index (χ1n) is 6.02. The highest BCUT2D eigenvalue weighted by atomic mass is 16.6. The minimum Gasteiger partial charge on any atom is -0.397 e. The molecular formula is C12H18N4O2. The van der Waals surface area contributed by atoms with E-state index in [1.54, 1.807) is 13.2 Å². The zero-order valence-electron chi connectivity index (χ0n) is 10.6. The lowest BCUT2D eigenvalue weighted by atomic mass is 10.1. The molecule has 0 aliphatic heterocycles. The van der Waals surface area contributed by atoms with Crippen LogP contribution in [0, 0.1) is 0 Å². The van der Waals surface area contributed by atoms with Crippen LogP contribution in [-0.2, 0) is 4.74 Å². The van der Waals surface area contributed by atoms with Gasteiger partial charge in [0, 0.05) is 13.2 Å². The zero-order chi connectivity index (χ0) is 13.0. The Balaban J connectivity index is 2.24. The Kier molecular flexibility index (Phi) is 3.99. The van der Waals surface area contributed by atoms with Crippen LogP contribution in [0.1, 0.15) is 19.8 Å². The fourth-order valence-electron chi connectivity index (χ4n) is 1.97. The largest absolute Gasteiger partial charge is 0.397 e. The first-order valence-corrected chi connectivity index (χ1v) is 6.02. The van der Waals surface area contributed by atoms with Crippen LogP contribution in [0.3, 0.4) is 0 Å². The van der Waals surface area contributed by atoms with Gasteiger partial charge in [-0.05, 0) is 28.9 Å². The van der Waals surface area contributed by atoms with Crippen LogP contribution >= 0.6 is 0 Å². The van der Waals surface area contributed by atoms with Gasteiger partial charge in [-0.15, -0.1) is 0 Å². The maximum absolute atomic E-state index is 5.80. The van der Waals surface area contributed by atoms with Crippen molar-refractivity contribution < 1.29 is 9.37 Å². The second-order valence-electron chi connectivity index (χ2n) is 4.25. The van der Waals surface area contributed by atoms with Gasteiger partial charge >= 0.3 is 0 Å². The summed E-state index contributed by atoms with van der Waals surface area (Å²) in [6, 6.07) is 3.92. The molecule has 0 spiro atoms. The van der Waals surface area contributed by atoms with Gasteiger partial charge < -0.3 is 15.8 Å². The van der Waals surface area contributed by atoms with Gasteiger partial charge in [0.2, 0.25) is 0 Å². The first-order chi connectivity index (χ1) is 8.76. The smallest absolute Gasteiger partial charge is 0.160 e. The van der Waals surface area contributed by atoms with Crippen molar-refractivity contribution in [2.45, 2.75) is 25.8 Å². The van der Waals surface area contributed by atoms with E-state index < -0.39 is 0 Å². The Morgan fingerprint density at radius 1 is 1.39 bits per heavy atom. The molecule has 18 heavy (non-hydrogen) atoms. The third-order valence-corrected chi connectivity index (χ3v) is 2.81. The minimum absolute atomic E-state index is 0.239. The highest BCUT2D eigenvalue weighted by Gasteiger charge is 2.13. The highest BCUT2D eigenvalue weighted by molar-refractivity contribution is 5.95. The van der Waals surface area contributed by atoms with E-state index in [-0.39, 0.29) is 6.04 Å². The molecule has 0 bridgehead atoms. The molecule has 0 radical (unpaired) electrons. The quantitative estimate of drug-likeness (QED) is 0.763. The number of aromatic nitrogens is 2. The molecule has 2 aromatic rings. The molecule has 6 heteroatoms. The van der Waals surface area contributed by atoms with Gasteiger partial charge in [0.25, 0.3) is 0 Å². The van der Waals surface area contributed by atoms with Gasteiger partial charge in [0.05, 0.1) is 18.0 Å². The lowest BCUT2D eigenvalue weighted by Crippen LogP contribution is -2.24. The van der Waals surface area contributed by atoms with Crippen molar-refractivity contribution in [2.75, 3.05) is 24.8 Å². The minimum atomic E-state index is 0.239. The third-order valence-electron chi connectivity index (χ3n) is 2.81. The Bertz CT molecular complexity index is 506. The zero-order valence-corrected chi connectivity index (χ0v) is 10.6. The monoisotopic (exact) mass is 250 g/mol. The summed E-state index contributed by atoms with van der Waals surface area (Å²) in [7, 11) is 1.70. The van der Waals surface area contributed by atoms with Crippen LogP contribution in [0.4, 0.5) is 11.4 Å². The predicted octanol–water partition coefficient (Wildman–Crippen LogP) is 2.03. The van der Waals surface area contributed by atoms with Crippen LogP contribution in [0.5, 0.6) is 0 Å². The molecule has 98 valence electrons. The third kappa shape index (κ3) is 2.53. The summed E-state index contributed by atoms with van der Waals surface area (Å²) in [6.07, 6.45) is 2.10. The Hall–Kier alpha value is -1.82. The number of nitrogens with two attached hydrogens (primary N) is 1. The van der Waals surface area contributed by atoms with Gasteiger partial charge in [-0.1, -0.05) is 13.3 Å². The van der Waals surface area contributed by atoms with Crippen LogP contribution in [0.15, 0.2) is 16.8 Å². The lowest BCUT2D eigenvalue weighted by molar-refractivity contribution is 0.182. The number of hydrogen-bond acceptors (Lipinski definition) is 6. The number of nitrogens with zero attached hydrogens (tertiary/aromatic N) is 2. The molecule has 0 aliphatic rings. The number of fused-ring (bicyclic) bond motifs is 1. The molecule has 1 unspecified atom stereocenters. The van der Waals surface area contributed by atoms with Crippen LogP contribution in [-0.4, -0.2) is 30.1 Å². The van der Waals surface area contributed by atoms with E-state index in [9.17, 15) is 0 Å². The fraction of sp³-hybridized carbons (Fsp3) is 0.500. The van der Waals surface area contributed by atoms with Crippen molar-refractivity contribution in [3.05, 3.63) is 12.1 Å². The number of anilines is 2. The average molecular weight is 250 g/mol. The summed E-state index contributed by atoms with van der Waals surface area (Å²) in [4.78, 5) is 0. The summed E-state index contributed by atoms with van der Waals surface area (Å²) >= 11 is 0. The number of nitrogen functional groups attached to an aromatic ring is 1. The Morgan fingerprint density at radius 2 is 2.17 bits per heavy atom. The molecule has 1 atom stereocenters. The number of rotatable bonds is 6. The molecule has 3 N–H and O–H groups in total. The van der Waals surface area contributed by atoms with E-state index in [1.807, 2.05) is 6.07 Å². The van der Waals surface area contributed by atoms with Crippen LogP contribution in [0.2, 0.25) is 0 Å². The molecule has 6 nitrogen and oxygen atoms in total. The fourth-order valence-corrected chi connectivity index (χ4v) is 1.97. The number of hydrogen-bond donors (Lipinski definition) is 2. The normalized spacial score (nSPS) is 12.8. The molecule has 0 fully saturated rings. The molecule has 2 rings (SSSR count). The predicted molar refractivity (Wildman–Crippen MR) is 70.4 cm³/mol. The van der Waals surface area contributed by atoms with E-state index in [0.29, 0.717) is 23.3 Å². The van der Waals surface area contributed by atoms with Gasteiger partial charge in [-0.3, -0.25) is 0 Å². The molecule has 0 amide bonds. The Morgan fingerprint density at radius 3 is 2.89 bits per heavy atom.